The standard InChI is InChI=1S/C18H26N6O/c1-22-9-11-23(12-10-22)17(15-6-3-2-4-7-15)18-19-20-21-24(18)14-16-8-5-13-25-16/h2-4,6-7,16-17H,5,8-14H2,1H3. The Balaban J connectivity index is 1.63. The Hall–Kier alpha value is -1.83. The zero-order valence-corrected chi connectivity index (χ0v) is 14.8. The van der Waals surface area contributed by atoms with Gasteiger partial charge >= 0.3 is 0 Å². The summed E-state index contributed by atoms with van der Waals surface area (Å²) in [6, 6.07) is 10.7. The van der Waals surface area contributed by atoms with Crippen LogP contribution in [0, 0.1) is 0 Å². The predicted molar refractivity (Wildman–Crippen MR) is 94.1 cm³/mol. The monoisotopic (exact) mass is 342 g/mol. The minimum Gasteiger partial charge on any atom is -0.376 e. The Morgan fingerprint density at radius 3 is 2.68 bits per heavy atom. The van der Waals surface area contributed by atoms with E-state index in [4.69, 9.17) is 4.74 Å². The van der Waals surface area contributed by atoms with Gasteiger partial charge in [-0.15, -0.1) is 5.10 Å². The summed E-state index contributed by atoms with van der Waals surface area (Å²) >= 11 is 0. The molecule has 7 nitrogen and oxygen atoms in total. The molecule has 4 rings (SSSR count). The predicted octanol–water partition coefficient (Wildman–Crippen LogP) is 1.19. The molecule has 7 heteroatoms. The fourth-order valence-electron chi connectivity index (χ4n) is 3.76. The van der Waals surface area contributed by atoms with E-state index >= 15 is 0 Å². The highest BCUT2D eigenvalue weighted by Gasteiger charge is 2.30. The molecule has 134 valence electrons. The summed E-state index contributed by atoms with van der Waals surface area (Å²) in [5.74, 6) is 0.922. The highest BCUT2D eigenvalue weighted by Crippen LogP contribution is 2.28. The molecule has 2 atom stereocenters. The van der Waals surface area contributed by atoms with Gasteiger partial charge in [0.15, 0.2) is 5.82 Å². The maximum absolute atomic E-state index is 5.79. The van der Waals surface area contributed by atoms with E-state index in [1.807, 2.05) is 4.68 Å². The van der Waals surface area contributed by atoms with Crippen LogP contribution in [0.3, 0.4) is 0 Å². The molecular weight excluding hydrogens is 316 g/mol. The summed E-state index contributed by atoms with van der Waals surface area (Å²) in [5, 5.41) is 12.7. The molecule has 3 heterocycles. The smallest absolute Gasteiger partial charge is 0.173 e. The fourth-order valence-corrected chi connectivity index (χ4v) is 3.76. The van der Waals surface area contributed by atoms with Gasteiger partial charge in [0, 0.05) is 32.8 Å². The molecule has 1 aromatic heterocycles. The zero-order chi connectivity index (χ0) is 17.1. The minimum absolute atomic E-state index is 0.0892. The van der Waals surface area contributed by atoms with Gasteiger partial charge in [0.1, 0.15) is 0 Å². The number of ether oxygens (including phenoxy) is 1. The lowest BCUT2D eigenvalue weighted by atomic mass is 10.0. The van der Waals surface area contributed by atoms with E-state index in [-0.39, 0.29) is 12.1 Å². The number of likely N-dealkylation sites (N-methyl/N-ethyl adjacent to an activating group) is 1. The van der Waals surface area contributed by atoms with Gasteiger partial charge in [-0.3, -0.25) is 4.90 Å². The highest BCUT2D eigenvalue weighted by molar-refractivity contribution is 5.25. The fraction of sp³-hybridized carbons (Fsp3) is 0.611. The van der Waals surface area contributed by atoms with Gasteiger partial charge in [-0.2, -0.15) is 0 Å². The van der Waals surface area contributed by atoms with Crippen LogP contribution in [0.15, 0.2) is 30.3 Å². The number of hydrogen-bond acceptors (Lipinski definition) is 6. The Kier molecular flexibility index (Phi) is 5.05. The Bertz CT molecular complexity index is 661. The minimum atomic E-state index is 0.0892. The number of rotatable bonds is 5. The first kappa shape index (κ1) is 16.6. The molecule has 0 amide bonds. The van der Waals surface area contributed by atoms with Crippen molar-refractivity contribution < 1.29 is 4.74 Å². The van der Waals surface area contributed by atoms with Crippen LogP contribution in [-0.4, -0.2) is 75.9 Å². The van der Waals surface area contributed by atoms with E-state index in [0.29, 0.717) is 0 Å². The van der Waals surface area contributed by atoms with Gasteiger partial charge in [0.05, 0.1) is 18.7 Å². The van der Waals surface area contributed by atoms with Crippen molar-refractivity contribution in [3.8, 4) is 0 Å². The van der Waals surface area contributed by atoms with Gasteiger partial charge in [0.25, 0.3) is 0 Å². The van der Waals surface area contributed by atoms with Crippen molar-refractivity contribution in [2.24, 2.45) is 0 Å². The van der Waals surface area contributed by atoms with Crippen LogP contribution in [0.25, 0.3) is 0 Å². The number of hydrogen-bond donors (Lipinski definition) is 0. The molecule has 2 unspecified atom stereocenters. The molecular formula is C18H26N6O. The van der Waals surface area contributed by atoms with Crippen molar-refractivity contribution in [2.75, 3.05) is 39.8 Å². The van der Waals surface area contributed by atoms with E-state index in [9.17, 15) is 0 Å². The van der Waals surface area contributed by atoms with Crippen molar-refractivity contribution in [1.29, 1.82) is 0 Å². The van der Waals surface area contributed by atoms with E-state index in [1.54, 1.807) is 0 Å². The second-order valence-corrected chi connectivity index (χ2v) is 7.01. The van der Waals surface area contributed by atoms with Crippen LogP contribution in [0.5, 0.6) is 0 Å². The number of tetrazole rings is 1. The molecule has 2 aliphatic rings. The van der Waals surface area contributed by atoms with Crippen LogP contribution >= 0.6 is 0 Å². The third-order valence-corrected chi connectivity index (χ3v) is 5.22. The molecule has 0 radical (unpaired) electrons. The number of nitrogens with zero attached hydrogens (tertiary/aromatic N) is 6. The zero-order valence-electron chi connectivity index (χ0n) is 14.8. The summed E-state index contributed by atoms with van der Waals surface area (Å²) in [6.07, 6.45) is 2.44. The number of aromatic nitrogens is 4. The normalized spacial score (nSPS) is 23.8. The summed E-state index contributed by atoms with van der Waals surface area (Å²) < 4.78 is 7.74. The maximum atomic E-state index is 5.79. The molecule has 1 aromatic carbocycles. The molecule has 0 aliphatic carbocycles. The average molecular weight is 342 g/mol. The second-order valence-electron chi connectivity index (χ2n) is 7.01. The molecule has 2 aliphatic heterocycles. The molecule has 0 spiro atoms. The van der Waals surface area contributed by atoms with Crippen molar-refractivity contribution in [1.82, 2.24) is 30.0 Å². The third kappa shape index (κ3) is 3.73. The van der Waals surface area contributed by atoms with Gasteiger partial charge in [-0.25, -0.2) is 4.68 Å². The van der Waals surface area contributed by atoms with Gasteiger partial charge in [0.2, 0.25) is 0 Å². The Morgan fingerprint density at radius 2 is 1.96 bits per heavy atom. The SMILES string of the molecule is CN1CCN(C(c2ccccc2)c2nnnn2CC2CCCO2)CC1. The molecule has 2 fully saturated rings. The van der Waals surface area contributed by atoms with Crippen LogP contribution in [0.1, 0.15) is 30.3 Å². The molecule has 2 saturated heterocycles. The summed E-state index contributed by atoms with van der Waals surface area (Å²) in [7, 11) is 2.18. The number of piperazine rings is 1. The first-order valence-electron chi connectivity index (χ1n) is 9.16. The van der Waals surface area contributed by atoms with Crippen LogP contribution in [-0.2, 0) is 11.3 Å². The van der Waals surface area contributed by atoms with Crippen LogP contribution in [0.4, 0.5) is 0 Å². The van der Waals surface area contributed by atoms with Gasteiger partial charge in [-0.1, -0.05) is 30.3 Å². The average Bonchev–Trinajstić information content (AvgIpc) is 3.31. The van der Waals surface area contributed by atoms with E-state index < -0.39 is 0 Å². The lowest BCUT2D eigenvalue weighted by Gasteiger charge is -2.37. The molecule has 0 bridgehead atoms. The van der Waals surface area contributed by atoms with Crippen molar-refractivity contribution in [3.05, 3.63) is 41.7 Å². The topological polar surface area (TPSA) is 59.3 Å². The van der Waals surface area contributed by atoms with E-state index in [0.717, 1.165) is 58.0 Å². The van der Waals surface area contributed by atoms with Crippen molar-refractivity contribution in [3.63, 3.8) is 0 Å². The van der Waals surface area contributed by atoms with E-state index in [1.165, 1.54) is 5.56 Å². The largest absolute Gasteiger partial charge is 0.376 e. The summed E-state index contributed by atoms with van der Waals surface area (Å²) in [6.45, 7) is 5.75. The molecule has 0 N–H and O–H groups in total. The highest BCUT2D eigenvalue weighted by atomic mass is 16.5. The van der Waals surface area contributed by atoms with Crippen LogP contribution < -0.4 is 0 Å². The van der Waals surface area contributed by atoms with Gasteiger partial charge < -0.3 is 9.64 Å². The summed E-state index contributed by atoms with van der Waals surface area (Å²) in [4.78, 5) is 4.86. The molecule has 2 aromatic rings. The lowest BCUT2D eigenvalue weighted by Crippen LogP contribution is -2.46. The second kappa shape index (κ2) is 7.59. The Morgan fingerprint density at radius 1 is 1.16 bits per heavy atom. The maximum Gasteiger partial charge on any atom is 0.173 e. The van der Waals surface area contributed by atoms with Gasteiger partial charge in [-0.05, 0) is 35.9 Å². The van der Waals surface area contributed by atoms with Crippen molar-refractivity contribution in [2.45, 2.75) is 31.5 Å². The molecule has 0 saturated carbocycles. The first-order valence-corrected chi connectivity index (χ1v) is 9.16. The third-order valence-electron chi connectivity index (χ3n) is 5.22. The van der Waals surface area contributed by atoms with Crippen LogP contribution in [0.2, 0.25) is 0 Å². The molecule has 25 heavy (non-hydrogen) atoms. The quantitative estimate of drug-likeness (QED) is 0.813. The first-order chi connectivity index (χ1) is 12.3. The Labute approximate surface area is 148 Å². The number of benzene rings is 1. The summed E-state index contributed by atoms with van der Waals surface area (Å²) in [5.41, 5.74) is 1.25. The van der Waals surface area contributed by atoms with Crippen molar-refractivity contribution >= 4 is 0 Å². The van der Waals surface area contributed by atoms with E-state index in [2.05, 4.69) is 62.7 Å². The lowest BCUT2D eigenvalue weighted by molar-refractivity contribution is 0.0879.